The van der Waals surface area contributed by atoms with Gasteiger partial charge in [-0.15, -0.1) is 0 Å². The zero-order valence-electron chi connectivity index (χ0n) is 9.68. The fraction of sp³-hybridized carbons (Fsp3) is 0.545. The average Bonchev–Trinajstić information content (AvgIpc) is 2.26. The maximum absolute atomic E-state index is 11.5. The number of aliphatic carboxylic acids is 1. The summed E-state index contributed by atoms with van der Waals surface area (Å²) in [4.78, 5) is 34.2. The quantitative estimate of drug-likeness (QED) is 0.666. The molecule has 0 saturated carbocycles. The molecule has 0 atom stereocenters. The highest BCUT2D eigenvalue weighted by molar-refractivity contribution is 5.93. The van der Waals surface area contributed by atoms with E-state index in [4.69, 9.17) is 5.11 Å². The van der Waals surface area contributed by atoms with Crippen molar-refractivity contribution in [1.82, 2.24) is 10.2 Å². The van der Waals surface area contributed by atoms with Crippen LogP contribution in [0.25, 0.3) is 0 Å². The van der Waals surface area contributed by atoms with Crippen LogP contribution in [0.1, 0.15) is 19.8 Å². The third kappa shape index (κ3) is 4.67. The molecule has 0 aromatic rings. The van der Waals surface area contributed by atoms with E-state index in [1.165, 1.54) is 6.92 Å². The smallest absolute Gasteiger partial charge is 0.328 e. The van der Waals surface area contributed by atoms with Crippen LogP contribution in [0.15, 0.2) is 12.2 Å². The largest absolute Gasteiger partial charge is 0.478 e. The standard InChI is InChI=1S/C11H16N2O4/c1-8(14)12-9-4-6-13(7-5-9)10(15)2-3-11(16)17/h2-3,9H,4-7H2,1H3,(H,12,14)(H,16,17)/b3-2+. The molecule has 0 aliphatic carbocycles. The van der Waals surface area contributed by atoms with Crippen molar-refractivity contribution in [3.8, 4) is 0 Å². The molecule has 0 bridgehead atoms. The third-order valence-electron chi connectivity index (χ3n) is 2.58. The number of rotatable bonds is 3. The summed E-state index contributed by atoms with van der Waals surface area (Å²) < 4.78 is 0. The maximum Gasteiger partial charge on any atom is 0.328 e. The summed E-state index contributed by atoms with van der Waals surface area (Å²) in [5.74, 6) is -1.50. The highest BCUT2D eigenvalue weighted by atomic mass is 16.4. The van der Waals surface area contributed by atoms with Crippen molar-refractivity contribution in [2.75, 3.05) is 13.1 Å². The molecule has 1 fully saturated rings. The van der Waals surface area contributed by atoms with Crippen LogP contribution < -0.4 is 5.32 Å². The number of carboxylic acids is 1. The molecule has 0 spiro atoms. The van der Waals surface area contributed by atoms with Crippen LogP contribution in [-0.4, -0.2) is 46.9 Å². The van der Waals surface area contributed by atoms with Gasteiger partial charge in [0.25, 0.3) is 0 Å². The summed E-state index contributed by atoms with van der Waals surface area (Å²) in [6.07, 6.45) is 3.29. The van der Waals surface area contributed by atoms with Crippen molar-refractivity contribution in [2.24, 2.45) is 0 Å². The van der Waals surface area contributed by atoms with E-state index in [2.05, 4.69) is 5.32 Å². The van der Waals surface area contributed by atoms with Gasteiger partial charge >= 0.3 is 5.97 Å². The van der Waals surface area contributed by atoms with Crippen molar-refractivity contribution in [2.45, 2.75) is 25.8 Å². The summed E-state index contributed by atoms with van der Waals surface area (Å²) in [5.41, 5.74) is 0. The summed E-state index contributed by atoms with van der Waals surface area (Å²) in [7, 11) is 0. The lowest BCUT2D eigenvalue weighted by Crippen LogP contribution is -2.45. The summed E-state index contributed by atoms with van der Waals surface area (Å²) >= 11 is 0. The second-order valence-corrected chi connectivity index (χ2v) is 3.97. The first-order chi connectivity index (χ1) is 7.99. The van der Waals surface area contributed by atoms with Gasteiger partial charge in [0.05, 0.1) is 0 Å². The first kappa shape index (κ1) is 13.2. The number of hydrogen-bond acceptors (Lipinski definition) is 3. The molecule has 0 aromatic carbocycles. The third-order valence-corrected chi connectivity index (χ3v) is 2.58. The Balaban J connectivity index is 2.38. The molecule has 0 aromatic heterocycles. The van der Waals surface area contributed by atoms with Crippen LogP contribution in [0.4, 0.5) is 0 Å². The molecular formula is C11H16N2O4. The van der Waals surface area contributed by atoms with Crippen LogP contribution in [0.5, 0.6) is 0 Å². The van der Waals surface area contributed by atoms with Gasteiger partial charge in [0.2, 0.25) is 11.8 Å². The van der Waals surface area contributed by atoms with Crippen LogP contribution in [0, 0.1) is 0 Å². The summed E-state index contributed by atoms with van der Waals surface area (Å²) in [6, 6.07) is 0.111. The van der Waals surface area contributed by atoms with Crippen LogP contribution >= 0.6 is 0 Å². The second-order valence-electron chi connectivity index (χ2n) is 3.97. The lowest BCUT2D eigenvalue weighted by Gasteiger charge is -2.31. The van der Waals surface area contributed by atoms with Crippen LogP contribution in [0.2, 0.25) is 0 Å². The molecule has 17 heavy (non-hydrogen) atoms. The molecule has 1 aliphatic heterocycles. The molecule has 1 heterocycles. The van der Waals surface area contributed by atoms with Crippen LogP contribution in [-0.2, 0) is 14.4 Å². The number of likely N-dealkylation sites (tertiary alicyclic amines) is 1. The van der Waals surface area contributed by atoms with Gasteiger partial charge in [0.1, 0.15) is 0 Å². The lowest BCUT2D eigenvalue weighted by atomic mass is 10.0. The first-order valence-electron chi connectivity index (χ1n) is 5.46. The highest BCUT2D eigenvalue weighted by Gasteiger charge is 2.21. The Bertz CT molecular complexity index is 343. The monoisotopic (exact) mass is 240 g/mol. The predicted molar refractivity (Wildman–Crippen MR) is 60.2 cm³/mol. The fourth-order valence-corrected chi connectivity index (χ4v) is 1.78. The van der Waals surface area contributed by atoms with Gasteiger partial charge in [0, 0.05) is 38.2 Å². The highest BCUT2D eigenvalue weighted by Crippen LogP contribution is 2.10. The van der Waals surface area contributed by atoms with E-state index in [1.807, 2.05) is 0 Å². The Hall–Kier alpha value is -1.85. The van der Waals surface area contributed by atoms with Gasteiger partial charge in [-0.2, -0.15) is 0 Å². The Labute approximate surface area is 99.3 Å². The molecule has 6 nitrogen and oxygen atoms in total. The molecule has 6 heteroatoms. The van der Waals surface area contributed by atoms with Crippen molar-refractivity contribution >= 4 is 17.8 Å². The number of nitrogens with zero attached hydrogens (tertiary/aromatic N) is 1. The Kier molecular flexibility index (Phi) is 4.68. The SMILES string of the molecule is CC(=O)NC1CCN(C(=O)/C=C/C(=O)O)CC1. The minimum Gasteiger partial charge on any atom is -0.478 e. The second kappa shape index (κ2) is 6.03. The topological polar surface area (TPSA) is 86.7 Å². The Morgan fingerprint density at radius 2 is 1.82 bits per heavy atom. The molecule has 0 radical (unpaired) electrons. The van der Waals surface area contributed by atoms with E-state index in [9.17, 15) is 14.4 Å². The average molecular weight is 240 g/mol. The molecule has 1 saturated heterocycles. The molecule has 0 unspecified atom stereocenters. The number of carbonyl (C=O) groups excluding carboxylic acids is 2. The van der Waals surface area contributed by atoms with Crippen molar-refractivity contribution in [1.29, 1.82) is 0 Å². The van der Waals surface area contributed by atoms with E-state index in [0.29, 0.717) is 25.9 Å². The number of amides is 2. The molecule has 94 valence electrons. The number of piperidine rings is 1. The Morgan fingerprint density at radius 3 is 2.29 bits per heavy atom. The van der Waals surface area contributed by atoms with E-state index in [0.717, 1.165) is 12.2 Å². The van der Waals surface area contributed by atoms with Crippen LogP contribution in [0.3, 0.4) is 0 Å². The van der Waals surface area contributed by atoms with Crippen molar-refractivity contribution in [3.63, 3.8) is 0 Å². The van der Waals surface area contributed by atoms with E-state index in [1.54, 1.807) is 4.90 Å². The fourth-order valence-electron chi connectivity index (χ4n) is 1.78. The molecule has 2 N–H and O–H groups in total. The van der Waals surface area contributed by atoms with Gasteiger partial charge in [-0.3, -0.25) is 9.59 Å². The molecule has 1 rings (SSSR count). The van der Waals surface area contributed by atoms with Gasteiger partial charge in [0.15, 0.2) is 0 Å². The minimum absolute atomic E-state index is 0.0689. The van der Waals surface area contributed by atoms with E-state index in [-0.39, 0.29) is 17.9 Å². The minimum atomic E-state index is -1.13. The van der Waals surface area contributed by atoms with Crippen molar-refractivity contribution < 1.29 is 19.5 Å². The molecular weight excluding hydrogens is 224 g/mol. The Morgan fingerprint density at radius 1 is 1.24 bits per heavy atom. The van der Waals surface area contributed by atoms with E-state index < -0.39 is 5.97 Å². The first-order valence-corrected chi connectivity index (χ1v) is 5.46. The number of carboxylic acid groups (broad SMARTS) is 1. The number of hydrogen-bond donors (Lipinski definition) is 2. The molecule has 2 amide bonds. The van der Waals surface area contributed by atoms with Gasteiger partial charge in [-0.1, -0.05) is 0 Å². The van der Waals surface area contributed by atoms with Gasteiger partial charge in [-0.05, 0) is 12.8 Å². The van der Waals surface area contributed by atoms with E-state index >= 15 is 0 Å². The molecule has 1 aliphatic rings. The summed E-state index contributed by atoms with van der Waals surface area (Å²) in [6.45, 7) is 2.54. The lowest BCUT2D eigenvalue weighted by molar-refractivity contribution is -0.132. The maximum atomic E-state index is 11.5. The predicted octanol–water partition coefficient (Wildman–Crippen LogP) is -0.246. The number of nitrogens with one attached hydrogen (secondary N) is 1. The normalized spacial score (nSPS) is 17.1. The van der Waals surface area contributed by atoms with Gasteiger partial charge < -0.3 is 15.3 Å². The van der Waals surface area contributed by atoms with Crippen molar-refractivity contribution in [3.05, 3.63) is 12.2 Å². The number of carbonyl (C=O) groups is 3. The zero-order chi connectivity index (χ0) is 12.8. The summed E-state index contributed by atoms with van der Waals surface area (Å²) in [5, 5.41) is 11.2. The zero-order valence-corrected chi connectivity index (χ0v) is 9.68. The van der Waals surface area contributed by atoms with Gasteiger partial charge in [-0.25, -0.2) is 4.79 Å².